The minimum atomic E-state index is -3.56. The summed E-state index contributed by atoms with van der Waals surface area (Å²) < 4.78 is 25.8. The second kappa shape index (κ2) is 7.32. The fraction of sp³-hybridized carbons (Fsp3) is 0.333. The molecule has 0 radical (unpaired) electrons. The van der Waals surface area contributed by atoms with Crippen LogP contribution < -0.4 is 15.8 Å². The van der Waals surface area contributed by atoms with Crippen molar-refractivity contribution >= 4 is 33.1 Å². The molecule has 1 aromatic rings. The van der Waals surface area contributed by atoms with Gasteiger partial charge in [-0.2, -0.15) is 0 Å². The van der Waals surface area contributed by atoms with Crippen LogP contribution in [-0.2, 0) is 20.6 Å². The summed E-state index contributed by atoms with van der Waals surface area (Å²) in [5, 5.41) is 2.51. The van der Waals surface area contributed by atoms with E-state index in [-0.39, 0.29) is 23.2 Å². The van der Waals surface area contributed by atoms with Crippen LogP contribution in [0.3, 0.4) is 0 Å². The zero-order valence-electron chi connectivity index (χ0n) is 11.0. The van der Waals surface area contributed by atoms with E-state index in [1.807, 2.05) is 0 Å². The van der Waals surface area contributed by atoms with E-state index >= 15 is 0 Å². The van der Waals surface area contributed by atoms with Crippen LogP contribution in [0.2, 0.25) is 0 Å². The number of likely N-dealkylation sites (N-methyl/N-ethyl adjacent to an activating group) is 1. The molecule has 0 saturated carbocycles. The summed E-state index contributed by atoms with van der Waals surface area (Å²) in [6.07, 6.45) is 0. The molecule has 0 heterocycles. The Kier molecular flexibility index (Phi) is 6.05. The third kappa shape index (κ3) is 5.64. The van der Waals surface area contributed by atoms with E-state index in [1.165, 1.54) is 0 Å². The molecular weight excluding hydrogens is 298 g/mol. The summed E-state index contributed by atoms with van der Waals surface area (Å²) in [4.78, 5) is 11.5. The van der Waals surface area contributed by atoms with Crippen LogP contribution in [0.15, 0.2) is 24.3 Å². The molecule has 0 aliphatic rings. The van der Waals surface area contributed by atoms with Crippen LogP contribution in [0.5, 0.6) is 0 Å². The predicted octanol–water partition coefficient (Wildman–Crippen LogP) is -0.124. The molecular formula is C12H17N3O3S2. The van der Waals surface area contributed by atoms with Gasteiger partial charge in [0.15, 0.2) is 0 Å². The first kappa shape index (κ1) is 16.5. The molecule has 1 aromatic carbocycles. The number of carbonyl (C=O) groups is 1. The van der Waals surface area contributed by atoms with Crippen molar-refractivity contribution < 1.29 is 13.2 Å². The summed E-state index contributed by atoms with van der Waals surface area (Å²) >= 11 is 4.81. The maximum Gasteiger partial charge on any atom is 0.235 e. The molecule has 0 atom stereocenters. The van der Waals surface area contributed by atoms with Gasteiger partial charge in [-0.25, -0.2) is 13.1 Å². The fourth-order valence-corrected chi connectivity index (χ4v) is 2.69. The number of thiocarbonyl (C=S) groups is 1. The highest BCUT2D eigenvalue weighted by molar-refractivity contribution is 7.88. The molecule has 0 bridgehead atoms. The van der Waals surface area contributed by atoms with Gasteiger partial charge < -0.3 is 11.1 Å². The normalized spacial score (nSPS) is 11.1. The standard InChI is InChI=1S/C12H17N3O3S2/c1-2-14-11(16)7-15-20(17,18)8-9-3-5-10(6-4-9)12(13)19/h3-6,15H,2,7-8H2,1H3,(H2,13,19)(H,14,16). The van der Waals surface area contributed by atoms with E-state index in [4.69, 9.17) is 18.0 Å². The van der Waals surface area contributed by atoms with E-state index in [1.54, 1.807) is 31.2 Å². The predicted molar refractivity (Wildman–Crippen MR) is 81.6 cm³/mol. The van der Waals surface area contributed by atoms with E-state index in [0.717, 1.165) is 0 Å². The quantitative estimate of drug-likeness (QED) is 0.609. The Bertz CT molecular complexity index is 582. The number of sulfonamides is 1. The van der Waals surface area contributed by atoms with Crippen LogP contribution in [0.25, 0.3) is 0 Å². The number of nitrogens with two attached hydrogens (primary N) is 1. The van der Waals surface area contributed by atoms with Crippen LogP contribution in [0.1, 0.15) is 18.1 Å². The zero-order valence-corrected chi connectivity index (χ0v) is 12.7. The molecule has 0 unspecified atom stereocenters. The number of rotatable bonds is 7. The van der Waals surface area contributed by atoms with Gasteiger partial charge in [0.2, 0.25) is 15.9 Å². The Hall–Kier alpha value is -1.51. The van der Waals surface area contributed by atoms with Crippen molar-refractivity contribution in [2.75, 3.05) is 13.1 Å². The molecule has 0 saturated heterocycles. The first-order chi connectivity index (χ1) is 9.34. The lowest BCUT2D eigenvalue weighted by molar-refractivity contribution is -0.119. The van der Waals surface area contributed by atoms with Crippen molar-refractivity contribution in [1.29, 1.82) is 0 Å². The molecule has 1 rings (SSSR count). The van der Waals surface area contributed by atoms with Gasteiger partial charge in [0, 0.05) is 12.1 Å². The first-order valence-corrected chi connectivity index (χ1v) is 8.03. The summed E-state index contributed by atoms with van der Waals surface area (Å²) in [5.74, 6) is -0.566. The third-order valence-corrected chi connectivity index (χ3v) is 3.95. The molecule has 4 N–H and O–H groups in total. The zero-order chi connectivity index (χ0) is 15.2. The number of benzene rings is 1. The summed E-state index contributed by atoms with van der Waals surface area (Å²) in [6.45, 7) is 1.96. The highest BCUT2D eigenvalue weighted by Gasteiger charge is 2.13. The van der Waals surface area contributed by atoms with Gasteiger partial charge in [-0.3, -0.25) is 4.79 Å². The molecule has 0 aliphatic carbocycles. The monoisotopic (exact) mass is 315 g/mol. The molecule has 0 spiro atoms. The number of hydrogen-bond acceptors (Lipinski definition) is 4. The number of nitrogens with one attached hydrogen (secondary N) is 2. The molecule has 110 valence electrons. The average Bonchev–Trinajstić information content (AvgIpc) is 2.37. The molecule has 8 heteroatoms. The largest absolute Gasteiger partial charge is 0.389 e. The van der Waals surface area contributed by atoms with Gasteiger partial charge in [0.05, 0.1) is 12.3 Å². The van der Waals surface area contributed by atoms with Gasteiger partial charge in [0.1, 0.15) is 4.99 Å². The van der Waals surface area contributed by atoms with Gasteiger partial charge in [-0.1, -0.05) is 36.5 Å². The lowest BCUT2D eigenvalue weighted by Gasteiger charge is -2.07. The second-order valence-electron chi connectivity index (χ2n) is 4.09. The highest BCUT2D eigenvalue weighted by Crippen LogP contribution is 2.07. The second-order valence-corrected chi connectivity index (χ2v) is 6.34. The average molecular weight is 315 g/mol. The van der Waals surface area contributed by atoms with Crippen molar-refractivity contribution in [3.63, 3.8) is 0 Å². The van der Waals surface area contributed by atoms with Crippen LogP contribution >= 0.6 is 12.2 Å². The van der Waals surface area contributed by atoms with E-state index in [0.29, 0.717) is 17.7 Å². The van der Waals surface area contributed by atoms with Crippen LogP contribution in [-0.4, -0.2) is 32.4 Å². The maximum absolute atomic E-state index is 11.8. The van der Waals surface area contributed by atoms with Crippen molar-refractivity contribution in [3.8, 4) is 0 Å². The van der Waals surface area contributed by atoms with Crippen molar-refractivity contribution in [2.24, 2.45) is 5.73 Å². The minimum Gasteiger partial charge on any atom is -0.389 e. The first-order valence-electron chi connectivity index (χ1n) is 5.97. The Labute approximate surface area is 123 Å². The van der Waals surface area contributed by atoms with E-state index in [2.05, 4.69) is 10.0 Å². The minimum absolute atomic E-state index is 0.204. The number of amides is 1. The van der Waals surface area contributed by atoms with Crippen LogP contribution in [0, 0.1) is 0 Å². The number of carbonyl (C=O) groups excluding carboxylic acids is 1. The molecule has 0 aromatic heterocycles. The molecule has 0 aliphatic heterocycles. The molecule has 0 fully saturated rings. The smallest absolute Gasteiger partial charge is 0.235 e. The SMILES string of the molecule is CCNC(=O)CNS(=O)(=O)Cc1ccc(C(N)=S)cc1. The van der Waals surface area contributed by atoms with Gasteiger partial charge in [-0.05, 0) is 12.5 Å². The van der Waals surface area contributed by atoms with Gasteiger partial charge in [0.25, 0.3) is 0 Å². The van der Waals surface area contributed by atoms with Gasteiger partial charge >= 0.3 is 0 Å². The van der Waals surface area contributed by atoms with Crippen molar-refractivity contribution in [1.82, 2.24) is 10.0 Å². The number of hydrogen-bond donors (Lipinski definition) is 3. The Balaban J connectivity index is 2.62. The molecule has 1 amide bonds. The maximum atomic E-state index is 11.8. The third-order valence-electron chi connectivity index (χ3n) is 2.42. The van der Waals surface area contributed by atoms with Gasteiger partial charge in [-0.15, -0.1) is 0 Å². The fourth-order valence-electron chi connectivity index (χ4n) is 1.47. The van der Waals surface area contributed by atoms with Crippen LogP contribution in [0.4, 0.5) is 0 Å². The van der Waals surface area contributed by atoms with Crippen molar-refractivity contribution in [2.45, 2.75) is 12.7 Å². The summed E-state index contributed by atoms with van der Waals surface area (Å²) in [5.41, 5.74) is 6.73. The van der Waals surface area contributed by atoms with E-state index < -0.39 is 10.0 Å². The highest BCUT2D eigenvalue weighted by atomic mass is 32.2. The van der Waals surface area contributed by atoms with Crippen molar-refractivity contribution in [3.05, 3.63) is 35.4 Å². The Morgan fingerprint density at radius 3 is 2.40 bits per heavy atom. The van der Waals surface area contributed by atoms with E-state index in [9.17, 15) is 13.2 Å². The Morgan fingerprint density at radius 2 is 1.90 bits per heavy atom. The topological polar surface area (TPSA) is 101 Å². The molecule has 6 nitrogen and oxygen atoms in total. The summed E-state index contributed by atoms with van der Waals surface area (Å²) in [6, 6.07) is 6.60. The summed E-state index contributed by atoms with van der Waals surface area (Å²) in [7, 11) is -3.56. The Morgan fingerprint density at radius 1 is 1.30 bits per heavy atom. The lowest BCUT2D eigenvalue weighted by atomic mass is 10.1. The molecule has 20 heavy (non-hydrogen) atoms. The lowest BCUT2D eigenvalue weighted by Crippen LogP contribution is -2.37.